The van der Waals surface area contributed by atoms with E-state index in [0.29, 0.717) is 24.8 Å². The van der Waals surface area contributed by atoms with Gasteiger partial charge in [-0.15, -0.1) is 0 Å². The second-order valence-corrected chi connectivity index (χ2v) is 8.50. The van der Waals surface area contributed by atoms with Crippen LogP contribution in [0, 0.1) is 11.8 Å². The highest BCUT2D eigenvalue weighted by molar-refractivity contribution is 7.89. The van der Waals surface area contributed by atoms with E-state index >= 15 is 0 Å². The molecule has 1 heterocycles. The number of benzene rings is 1. The molecule has 3 rings (SSSR count). The van der Waals surface area contributed by atoms with Gasteiger partial charge >= 0.3 is 0 Å². The molecule has 0 radical (unpaired) electrons. The van der Waals surface area contributed by atoms with Gasteiger partial charge in [-0.05, 0) is 36.8 Å². The molecule has 0 unspecified atom stereocenters. The van der Waals surface area contributed by atoms with E-state index in [1.54, 1.807) is 17.0 Å². The molecular formula is C17H24N2O4S. The van der Waals surface area contributed by atoms with Crippen LogP contribution in [0.2, 0.25) is 0 Å². The third-order valence-electron chi connectivity index (χ3n) is 4.73. The molecule has 1 saturated heterocycles. The minimum Gasteiger partial charge on any atom is -0.492 e. The van der Waals surface area contributed by atoms with E-state index in [4.69, 9.17) is 4.74 Å². The maximum absolute atomic E-state index is 12.3. The highest BCUT2D eigenvalue weighted by atomic mass is 32.2. The average molecular weight is 352 g/mol. The number of nitrogens with zero attached hydrogens (tertiary/aromatic N) is 1. The van der Waals surface area contributed by atoms with E-state index < -0.39 is 10.0 Å². The highest BCUT2D eigenvalue weighted by Gasteiger charge is 2.44. The van der Waals surface area contributed by atoms with E-state index in [1.165, 1.54) is 6.92 Å². The van der Waals surface area contributed by atoms with E-state index in [9.17, 15) is 13.2 Å². The Bertz CT molecular complexity index is 673. The number of carbonyl (C=O) groups is 1. The van der Waals surface area contributed by atoms with Crippen molar-refractivity contribution in [3.05, 3.63) is 30.3 Å². The van der Waals surface area contributed by atoms with Crippen molar-refractivity contribution in [1.82, 2.24) is 9.62 Å². The van der Waals surface area contributed by atoms with Gasteiger partial charge in [-0.25, -0.2) is 13.1 Å². The smallest absolute Gasteiger partial charge is 0.219 e. The molecule has 132 valence electrons. The topological polar surface area (TPSA) is 75.7 Å². The lowest BCUT2D eigenvalue weighted by Gasteiger charge is -2.19. The third-order valence-corrected chi connectivity index (χ3v) is 6.10. The highest BCUT2D eigenvalue weighted by Crippen LogP contribution is 2.41. The summed E-state index contributed by atoms with van der Waals surface area (Å²) in [7, 11) is -3.44. The van der Waals surface area contributed by atoms with Gasteiger partial charge in [0, 0.05) is 26.1 Å². The molecule has 1 saturated carbocycles. The molecule has 1 aromatic carbocycles. The van der Waals surface area contributed by atoms with Crippen LogP contribution < -0.4 is 9.46 Å². The summed E-state index contributed by atoms with van der Waals surface area (Å²) in [5.74, 6) is 1.36. The Morgan fingerprint density at radius 1 is 1.25 bits per heavy atom. The summed E-state index contributed by atoms with van der Waals surface area (Å²) >= 11 is 0. The fraction of sp³-hybridized carbons (Fsp3) is 0.588. The Kier molecular flexibility index (Phi) is 5.10. The fourth-order valence-electron chi connectivity index (χ4n) is 3.29. The monoisotopic (exact) mass is 352 g/mol. The van der Waals surface area contributed by atoms with Gasteiger partial charge in [0.15, 0.2) is 0 Å². The first-order valence-corrected chi connectivity index (χ1v) is 10.0. The number of carbonyl (C=O) groups excluding carboxylic acids is 1. The standard InChI is InChI=1S/C17H24N2O4S/c1-13(20)19-11-16(14-7-8-14)17(12-19)18-24(21,22)10-9-23-15-5-3-2-4-6-15/h2-6,14,16-18H,7-12H2,1H3/t16-,17+/m0/s1. The first-order chi connectivity index (χ1) is 11.4. The Hall–Kier alpha value is -1.60. The van der Waals surface area contributed by atoms with Gasteiger partial charge in [0.2, 0.25) is 15.9 Å². The third kappa shape index (κ3) is 4.48. The van der Waals surface area contributed by atoms with Crippen LogP contribution >= 0.6 is 0 Å². The quantitative estimate of drug-likeness (QED) is 0.801. The summed E-state index contributed by atoms with van der Waals surface area (Å²) in [4.78, 5) is 13.4. The lowest BCUT2D eigenvalue weighted by Crippen LogP contribution is -2.43. The van der Waals surface area contributed by atoms with Crippen molar-refractivity contribution in [2.24, 2.45) is 11.8 Å². The first kappa shape index (κ1) is 17.2. The van der Waals surface area contributed by atoms with E-state index in [-0.39, 0.29) is 30.2 Å². The summed E-state index contributed by atoms with van der Waals surface area (Å²) < 4.78 is 33.0. The van der Waals surface area contributed by atoms with Crippen molar-refractivity contribution in [2.45, 2.75) is 25.8 Å². The molecule has 1 amide bonds. The Morgan fingerprint density at radius 2 is 1.96 bits per heavy atom. The largest absolute Gasteiger partial charge is 0.492 e. The van der Waals surface area contributed by atoms with Crippen LogP contribution in [0.1, 0.15) is 19.8 Å². The maximum atomic E-state index is 12.3. The number of hydrogen-bond donors (Lipinski definition) is 1. The van der Waals surface area contributed by atoms with E-state index in [2.05, 4.69) is 4.72 Å². The molecule has 6 nitrogen and oxygen atoms in total. The van der Waals surface area contributed by atoms with E-state index in [0.717, 1.165) is 12.8 Å². The molecule has 2 atom stereocenters. The summed E-state index contributed by atoms with van der Waals surface area (Å²) in [6.45, 7) is 2.77. The normalized spacial score (nSPS) is 24.1. The summed E-state index contributed by atoms with van der Waals surface area (Å²) in [5, 5.41) is 0. The Balaban J connectivity index is 1.54. The molecule has 0 aromatic heterocycles. The van der Waals surface area contributed by atoms with Crippen LogP contribution in [-0.4, -0.2) is 50.7 Å². The minimum atomic E-state index is -3.44. The lowest BCUT2D eigenvalue weighted by molar-refractivity contribution is -0.128. The molecule has 7 heteroatoms. The van der Waals surface area contributed by atoms with Crippen molar-refractivity contribution in [1.29, 1.82) is 0 Å². The maximum Gasteiger partial charge on any atom is 0.219 e. The van der Waals surface area contributed by atoms with Gasteiger partial charge in [-0.2, -0.15) is 0 Å². The fourth-order valence-corrected chi connectivity index (χ4v) is 4.42. The summed E-state index contributed by atoms with van der Waals surface area (Å²) in [6.07, 6.45) is 2.26. The predicted octanol–water partition coefficient (Wildman–Crippen LogP) is 1.24. The Labute approximate surface area is 143 Å². The number of rotatable bonds is 7. The number of amides is 1. The number of para-hydroxylation sites is 1. The van der Waals surface area contributed by atoms with E-state index in [1.807, 2.05) is 18.2 Å². The number of sulfonamides is 1. The van der Waals surface area contributed by atoms with Crippen LogP contribution in [0.25, 0.3) is 0 Å². The number of hydrogen-bond acceptors (Lipinski definition) is 4. The molecule has 1 aromatic rings. The van der Waals surface area contributed by atoms with Crippen molar-refractivity contribution >= 4 is 15.9 Å². The summed E-state index contributed by atoms with van der Waals surface area (Å²) in [6, 6.07) is 8.98. The lowest BCUT2D eigenvalue weighted by atomic mass is 9.99. The van der Waals surface area contributed by atoms with Gasteiger partial charge in [0.05, 0.1) is 5.75 Å². The predicted molar refractivity (Wildman–Crippen MR) is 91.1 cm³/mol. The van der Waals surface area contributed by atoms with Gasteiger partial charge < -0.3 is 9.64 Å². The zero-order valence-electron chi connectivity index (χ0n) is 13.8. The number of nitrogens with one attached hydrogen (secondary N) is 1. The number of ether oxygens (including phenoxy) is 1. The summed E-state index contributed by atoms with van der Waals surface area (Å²) in [5.41, 5.74) is 0. The molecule has 1 N–H and O–H groups in total. The molecule has 1 aliphatic heterocycles. The molecule has 1 aliphatic carbocycles. The zero-order chi connectivity index (χ0) is 17.2. The molecular weight excluding hydrogens is 328 g/mol. The van der Waals surface area contributed by atoms with Gasteiger partial charge in [-0.3, -0.25) is 4.79 Å². The molecule has 24 heavy (non-hydrogen) atoms. The van der Waals surface area contributed by atoms with Gasteiger partial charge in [0.1, 0.15) is 12.4 Å². The first-order valence-electron chi connectivity index (χ1n) is 8.38. The van der Waals surface area contributed by atoms with Crippen molar-refractivity contribution < 1.29 is 17.9 Å². The van der Waals surface area contributed by atoms with Crippen LogP contribution in [0.4, 0.5) is 0 Å². The zero-order valence-corrected chi connectivity index (χ0v) is 14.7. The molecule has 0 spiro atoms. The average Bonchev–Trinajstić information content (AvgIpc) is 3.29. The van der Waals surface area contributed by atoms with Crippen molar-refractivity contribution in [3.8, 4) is 5.75 Å². The van der Waals surface area contributed by atoms with Crippen LogP contribution in [0.5, 0.6) is 5.75 Å². The van der Waals surface area contributed by atoms with Crippen molar-refractivity contribution in [3.63, 3.8) is 0 Å². The van der Waals surface area contributed by atoms with Crippen LogP contribution in [0.3, 0.4) is 0 Å². The van der Waals surface area contributed by atoms with Crippen molar-refractivity contribution in [2.75, 3.05) is 25.4 Å². The van der Waals surface area contributed by atoms with Crippen LogP contribution in [-0.2, 0) is 14.8 Å². The van der Waals surface area contributed by atoms with Gasteiger partial charge in [0.25, 0.3) is 0 Å². The van der Waals surface area contributed by atoms with Gasteiger partial charge in [-0.1, -0.05) is 18.2 Å². The second kappa shape index (κ2) is 7.11. The molecule has 0 bridgehead atoms. The minimum absolute atomic E-state index is 0.00904. The second-order valence-electron chi connectivity index (χ2n) is 6.63. The van der Waals surface area contributed by atoms with Crippen LogP contribution in [0.15, 0.2) is 30.3 Å². The SMILES string of the molecule is CC(=O)N1C[C@@H](NS(=O)(=O)CCOc2ccccc2)[C@H](C2CC2)C1. The Morgan fingerprint density at radius 3 is 2.58 bits per heavy atom. The molecule has 2 fully saturated rings. The molecule has 2 aliphatic rings. The number of likely N-dealkylation sites (tertiary alicyclic amines) is 1.